The van der Waals surface area contributed by atoms with Crippen LogP contribution in [0, 0.1) is 0 Å². The molecule has 0 aliphatic rings. The predicted molar refractivity (Wildman–Crippen MR) is 78.1 cm³/mol. The highest BCUT2D eigenvalue weighted by Crippen LogP contribution is 2.24. The van der Waals surface area contributed by atoms with Crippen LogP contribution in [0.15, 0.2) is 54.7 Å². The summed E-state index contributed by atoms with van der Waals surface area (Å²) < 4.78 is 5.62. The van der Waals surface area contributed by atoms with E-state index in [0.717, 1.165) is 24.1 Å². The third kappa shape index (κ3) is 3.92. The van der Waals surface area contributed by atoms with E-state index in [-0.39, 0.29) is 5.97 Å². The molecule has 0 N–H and O–H groups in total. The number of carbonyl (C=O) groups excluding carboxylic acids is 1. The third-order valence-electron chi connectivity index (χ3n) is 3.04. The van der Waals surface area contributed by atoms with E-state index in [0.29, 0.717) is 6.42 Å². The Kier molecular flexibility index (Phi) is 5.30. The molecule has 3 nitrogen and oxygen atoms in total. The molecule has 104 valence electrons. The number of hydrogen-bond acceptors (Lipinski definition) is 3. The lowest BCUT2D eigenvalue weighted by atomic mass is 10.1. The zero-order valence-corrected chi connectivity index (χ0v) is 11.7. The summed E-state index contributed by atoms with van der Waals surface area (Å²) >= 11 is 0. The van der Waals surface area contributed by atoms with Crippen molar-refractivity contribution in [2.24, 2.45) is 0 Å². The molecule has 2 aromatic rings. The average Bonchev–Trinajstić information content (AvgIpc) is 2.52. The number of nitrogens with zero attached hydrogens (tertiary/aromatic N) is 1. The predicted octanol–water partition coefficient (Wildman–Crippen LogP) is 3.90. The number of aromatic nitrogens is 1. The fourth-order valence-corrected chi connectivity index (χ4v) is 1.97. The Morgan fingerprint density at radius 3 is 2.55 bits per heavy atom. The molecular weight excluding hydrogens is 250 g/mol. The number of pyridine rings is 1. The van der Waals surface area contributed by atoms with Crippen molar-refractivity contribution >= 4 is 5.97 Å². The van der Waals surface area contributed by atoms with Crippen LogP contribution in [-0.2, 0) is 9.53 Å². The van der Waals surface area contributed by atoms with Gasteiger partial charge >= 0.3 is 5.97 Å². The van der Waals surface area contributed by atoms with E-state index in [1.54, 1.807) is 6.20 Å². The summed E-state index contributed by atoms with van der Waals surface area (Å²) in [5.74, 6) is -0.175. The van der Waals surface area contributed by atoms with Gasteiger partial charge in [0, 0.05) is 12.6 Å². The smallest absolute Gasteiger partial charge is 0.306 e. The first-order valence-corrected chi connectivity index (χ1v) is 6.96. The number of ether oxygens (including phenoxy) is 1. The Balaban J connectivity index is 2.19. The molecule has 20 heavy (non-hydrogen) atoms. The maximum atomic E-state index is 11.9. The molecule has 0 fully saturated rings. The van der Waals surface area contributed by atoms with Gasteiger partial charge in [0.25, 0.3) is 0 Å². The molecule has 3 heteroatoms. The van der Waals surface area contributed by atoms with Crippen molar-refractivity contribution in [3.8, 4) is 0 Å². The number of carbonyl (C=O) groups is 1. The lowest BCUT2D eigenvalue weighted by Gasteiger charge is -2.17. The van der Waals surface area contributed by atoms with Crippen molar-refractivity contribution in [1.82, 2.24) is 4.98 Å². The molecular formula is C17H19NO2. The van der Waals surface area contributed by atoms with Crippen molar-refractivity contribution in [1.29, 1.82) is 0 Å². The van der Waals surface area contributed by atoms with Gasteiger partial charge < -0.3 is 4.74 Å². The van der Waals surface area contributed by atoms with Gasteiger partial charge in [-0.3, -0.25) is 9.78 Å². The number of benzene rings is 1. The summed E-state index contributed by atoms with van der Waals surface area (Å²) in [6.07, 6.45) is 3.57. The molecule has 0 saturated heterocycles. The number of hydrogen-bond donors (Lipinski definition) is 0. The minimum absolute atomic E-state index is 0.175. The molecule has 0 saturated carbocycles. The van der Waals surface area contributed by atoms with Crippen LogP contribution in [0.1, 0.15) is 43.5 Å². The van der Waals surface area contributed by atoms with Crippen LogP contribution in [0.3, 0.4) is 0 Å². The van der Waals surface area contributed by atoms with Crippen LogP contribution in [0.5, 0.6) is 0 Å². The topological polar surface area (TPSA) is 39.2 Å². The zero-order valence-electron chi connectivity index (χ0n) is 11.7. The molecule has 1 aromatic heterocycles. The van der Waals surface area contributed by atoms with Crippen LogP contribution < -0.4 is 0 Å². The largest absolute Gasteiger partial charge is 0.451 e. The van der Waals surface area contributed by atoms with Gasteiger partial charge in [0.2, 0.25) is 0 Å². The Hall–Kier alpha value is -2.16. The Morgan fingerprint density at radius 1 is 1.15 bits per heavy atom. The molecule has 1 aromatic carbocycles. The second kappa shape index (κ2) is 7.43. The van der Waals surface area contributed by atoms with Crippen LogP contribution in [0.25, 0.3) is 0 Å². The van der Waals surface area contributed by atoms with Crippen molar-refractivity contribution in [3.63, 3.8) is 0 Å². The summed E-state index contributed by atoms with van der Waals surface area (Å²) in [6, 6.07) is 15.3. The molecule has 0 aliphatic heterocycles. The van der Waals surface area contributed by atoms with Crippen molar-refractivity contribution in [2.75, 3.05) is 0 Å². The van der Waals surface area contributed by atoms with Crippen molar-refractivity contribution < 1.29 is 9.53 Å². The van der Waals surface area contributed by atoms with E-state index >= 15 is 0 Å². The van der Waals surface area contributed by atoms with Gasteiger partial charge in [-0.1, -0.05) is 49.7 Å². The van der Waals surface area contributed by atoms with Crippen LogP contribution in [-0.4, -0.2) is 11.0 Å². The summed E-state index contributed by atoms with van der Waals surface area (Å²) in [6.45, 7) is 2.06. The quantitative estimate of drug-likeness (QED) is 0.746. The van der Waals surface area contributed by atoms with Gasteiger partial charge in [-0.25, -0.2) is 0 Å². The fourth-order valence-electron chi connectivity index (χ4n) is 1.97. The molecule has 0 spiro atoms. The molecule has 2 rings (SSSR count). The molecule has 1 heterocycles. The minimum Gasteiger partial charge on any atom is -0.451 e. The monoisotopic (exact) mass is 269 g/mol. The first-order valence-electron chi connectivity index (χ1n) is 6.96. The van der Waals surface area contributed by atoms with Crippen LogP contribution in [0.2, 0.25) is 0 Å². The SMILES string of the molecule is CCCCC(=O)OC(c1ccccc1)c1ccccn1. The fraction of sp³-hybridized carbons (Fsp3) is 0.294. The second-order valence-electron chi connectivity index (χ2n) is 4.64. The van der Waals surface area contributed by atoms with Crippen molar-refractivity contribution in [2.45, 2.75) is 32.3 Å². The standard InChI is InChI=1S/C17H19NO2/c1-2-3-12-16(19)20-17(14-9-5-4-6-10-14)15-11-7-8-13-18-15/h4-11,13,17H,2-3,12H2,1H3. The zero-order chi connectivity index (χ0) is 14.2. The Labute approximate surface area is 119 Å². The highest BCUT2D eigenvalue weighted by atomic mass is 16.5. The van der Waals surface area contributed by atoms with Gasteiger partial charge in [0.15, 0.2) is 6.10 Å². The Morgan fingerprint density at radius 2 is 1.90 bits per heavy atom. The third-order valence-corrected chi connectivity index (χ3v) is 3.04. The molecule has 1 atom stereocenters. The highest BCUT2D eigenvalue weighted by molar-refractivity contribution is 5.70. The van der Waals surface area contributed by atoms with Crippen molar-refractivity contribution in [3.05, 3.63) is 66.0 Å². The van der Waals surface area contributed by atoms with E-state index in [1.165, 1.54) is 0 Å². The summed E-state index contributed by atoms with van der Waals surface area (Å²) in [5, 5.41) is 0. The molecule has 0 amide bonds. The van der Waals surface area contributed by atoms with E-state index in [4.69, 9.17) is 4.74 Å². The lowest BCUT2D eigenvalue weighted by Crippen LogP contribution is -2.13. The van der Waals surface area contributed by atoms with Gasteiger partial charge in [0.1, 0.15) is 0 Å². The minimum atomic E-state index is -0.429. The van der Waals surface area contributed by atoms with Gasteiger partial charge in [0.05, 0.1) is 5.69 Å². The second-order valence-corrected chi connectivity index (χ2v) is 4.64. The van der Waals surface area contributed by atoms with E-state index in [1.807, 2.05) is 48.5 Å². The summed E-state index contributed by atoms with van der Waals surface area (Å²) in [5.41, 5.74) is 1.69. The molecule has 0 bridgehead atoms. The summed E-state index contributed by atoms with van der Waals surface area (Å²) in [7, 11) is 0. The van der Waals surface area contributed by atoms with Gasteiger partial charge in [-0.2, -0.15) is 0 Å². The highest BCUT2D eigenvalue weighted by Gasteiger charge is 2.19. The van der Waals surface area contributed by atoms with E-state index in [9.17, 15) is 4.79 Å². The van der Waals surface area contributed by atoms with Crippen LogP contribution in [0.4, 0.5) is 0 Å². The van der Waals surface area contributed by atoms with Gasteiger partial charge in [-0.05, 0) is 24.1 Å². The Bertz CT molecular complexity index is 486. The maximum absolute atomic E-state index is 11.9. The number of unbranched alkanes of at least 4 members (excludes halogenated alkanes) is 1. The normalized spacial score (nSPS) is 11.8. The first kappa shape index (κ1) is 14.3. The maximum Gasteiger partial charge on any atom is 0.306 e. The average molecular weight is 269 g/mol. The number of esters is 1. The molecule has 0 aliphatic carbocycles. The van der Waals surface area contributed by atoms with Crippen LogP contribution >= 0.6 is 0 Å². The van der Waals surface area contributed by atoms with Gasteiger partial charge in [-0.15, -0.1) is 0 Å². The lowest BCUT2D eigenvalue weighted by molar-refractivity contribution is -0.147. The van der Waals surface area contributed by atoms with E-state index < -0.39 is 6.10 Å². The molecule has 1 unspecified atom stereocenters. The number of rotatable bonds is 6. The van der Waals surface area contributed by atoms with E-state index in [2.05, 4.69) is 11.9 Å². The first-order chi connectivity index (χ1) is 9.81. The summed E-state index contributed by atoms with van der Waals surface area (Å²) in [4.78, 5) is 16.2. The molecule has 0 radical (unpaired) electrons.